The molecule has 5 nitrogen and oxygen atoms in total. The third kappa shape index (κ3) is 2.76. The Morgan fingerprint density at radius 1 is 1.10 bits per heavy atom. The van der Waals surface area contributed by atoms with Gasteiger partial charge in [-0.15, -0.1) is 0 Å². The molecular formula is C16H17N3O2. The van der Waals surface area contributed by atoms with Gasteiger partial charge in [-0.2, -0.15) is 0 Å². The summed E-state index contributed by atoms with van der Waals surface area (Å²) in [6.07, 6.45) is 4.01. The summed E-state index contributed by atoms with van der Waals surface area (Å²) in [6, 6.07) is 11.7. The van der Waals surface area contributed by atoms with E-state index in [1.54, 1.807) is 14.2 Å². The van der Waals surface area contributed by atoms with E-state index in [4.69, 9.17) is 9.47 Å². The highest BCUT2D eigenvalue weighted by Crippen LogP contribution is 2.29. The van der Waals surface area contributed by atoms with E-state index in [1.165, 1.54) is 0 Å². The number of nitrogens with zero attached hydrogens (tertiary/aromatic N) is 2. The maximum absolute atomic E-state index is 5.29. The van der Waals surface area contributed by atoms with Crippen molar-refractivity contribution in [2.24, 2.45) is 0 Å². The highest BCUT2D eigenvalue weighted by molar-refractivity contribution is 5.55. The van der Waals surface area contributed by atoms with Crippen LogP contribution in [0.3, 0.4) is 0 Å². The van der Waals surface area contributed by atoms with Crippen molar-refractivity contribution in [3.8, 4) is 11.5 Å². The lowest BCUT2D eigenvalue weighted by Crippen LogP contribution is -2.00. The Balaban J connectivity index is 1.75. The monoisotopic (exact) mass is 283 g/mol. The number of hydrogen-bond acceptors (Lipinski definition) is 4. The van der Waals surface area contributed by atoms with Gasteiger partial charge in [-0.05, 0) is 24.3 Å². The Morgan fingerprint density at radius 2 is 1.95 bits per heavy atom. The van der Waals surface area contributed by atoms with Crippen LogP contribution >= 0.6 is 0 Å². The van der Waals surface area contributed by atoms with Gasteiger partial charge < -0.3 is 19.2 Å². The van der Waals surface area contributed by atoms with Crippen molar-refractivity contribution in [3.05, 3.63) is 54.5 Å². The average Bonchev–Trinajstić information content (AvgIpc) is 2.95. The molecule has 2 aromatic heterocycles. The van der Waals surface area contributed by atoms with E-state index in [0.717, 1.165) is 22.8 Å². The highest BCUT2D eigenvalue weighted by atomic mass is 16.5. The highest BCUT2D eigenvalue weighted by Gasteiger charge is 2.05. The number of methoxy groups -OCH3 is 2. The molecule has 1 aromatic carbocycles. The number of nitrogens with one attached hydrogen (secondary N) is 1. The smallest absolute Gasteiger partial charge is 0.162 e. The summed E-state index contributed by atoms with van der Waals surface area (Å²) in [5, 5.41) is 3.34. The van der Waals surface area contributed by atoms with Crippen molar-refractivity contribution in [1.82, 2.24) is 9.38 Å². The predicted molar refractivity (Wildman–Crippen MR) is 82.1 cm³/mol. The SMILES string of the molecule is COc1ccc(NCc2cn3ccccc3n2)cc1OC. The van der Waals surface area contributed by atoms with Gasteiger partial charge >= 0.3 is 0 Å². The molecule has 5 heteroatoms. The second-order valence-electron chi connectivity index (χ2n) is 4.62. The molecule has 0 aliphatic rings. The summed E-state index contributed by atoms with van der Waals surface area (Å²) >= 11 is 0. The Labute approximate surface area is 123 Å². The number of anilines is 1. The normalized spacial score (nSPS) is 10.6. The number of ether oxygens (including phenoxy) is 2. The molecule has 0 spiro atoms. The Kier molecular flexibility index (Phi) is 3.64. The van der Waals surface area contributed by atoms with Crippen molar-refractivity contribution < 1.29 is 9.47 Å². The van der Waals surface area contributed by atoms with Crippen LogP contribution in [0.1, 0.15) is 5.69 Å². The molecule has 0 fully saturated rings. The van der Waals surface area contributed by atoms with Crippen LogP contribution in [0, 0.1) is 0 Å². The van der Waals surface area contributed by atoms with E-state index < -0.39 is 0 Å². The third-order valence-electron chi connectivity index (χ3n) is 3.27. The molecule has 1 N–H and O–H groups in total. The molecular weight excluding hydrogens is 266 g/mol. The van der Waals surface area contributed by atoms with E-state index in [9.17, 15) is 0 Å². The van der Waals surface area contributed by atoms with E-state index in [0.29, 0.717) is 12.3 Å². The fraction of sp³-hybridized carbons (Fsp3) is 0.188. The number of benzene rings is 1. The Morgan fingerprint density at radius 3 is 2.71 bits per heavy atom. The summed E-state index contributed by atoms with van der Waals surface area (Å²) in [7, 11) is 3.26. The molecule has 0 saturated carbocycles. The maximum atomic E-state index is 5.29. The van der Waals surface area contributed by atoms with Gasteiger partial charge in [-0.1, -0.05) is 6.07 Å². The predicted octanol–water partition coefficient (Wildman–Crippen LogP) is 2.96. The van der Waals surface area contributed by atoms with Crippen LogP contribution in [0.4, 0.5) is 5.69 Å². The van der Waals surface area contributed by atoms with Crippen molar-refractivity contribution in [2.45, 2.75) is 6.54 Å². The fourth-order valence-corrected chi connectivity index (χ4v) is 2.21. The van der Waals surface area contributed by atoms with Crippen LogP contribution in [0.2, 0.25) is 0 Å². The van der Waals surface area contributed by atoms with E-state index >= 15 is 0 Å². The number of aromatic nitrogens is 2. The lowest BCUT2D eigenvalue weighted by Gasteiger charge is -2.10. The molecule has 0 radical (unpaired) electrons. The minimum absolute atomic E-state index is 0.650. The molecule has 0 aliphatic heterocycles. The van der Waals surface area contributed by atoms with Gasteiger partial charge in [0.15, 0.2) is 11.5 Å². The lowest BCUT2D eigenvalue weighted by molar-refractivity contribution is 0.355. The van der Waals surface area contributed by atoms with Gasteiger partial charge in [0, 0.05) is 24.1 Å². The first-order valence-electron chi connectivity index (χ1n) is 6.68. The van der Waals surface area contributed by atoms with Crippen molar-refractivity contribution in [3.63, 3.8) is 0 Å². The molecule has 0 unspecified atom stereocenters. The van der Waals surface area contributed by atoms with Crippen molar-refractivity contribution in [1.29, 1.82) is 0 Å². The van der Waals surface area contributed by atoms with Crippen LogP contribution < -0.4 is 14.8 Å². The van der Waals surface area contributed by atoms with Crippen LogP contribution in [-0.4, -0.2) is 23.6 Å². The Hall–Kier alpha value is -2.69. The minimum Gasteiger partial charge on any atom is -0.493 e. The molecule has 108 valence electrons. The molecule has 3 aromatic rings. The summed E-state index contributed by atoms with van der Waals surface area (Å²) < 4.78 is 12.5. The summed E-state index contributed by atoms with van der Waals surface area (Å²) in [5.74, 6) is 1.42. The van der Waals surface area contributed by atoms with Gasteiger partial charge in [0.2, 0.25) is 0 Å². The standard InChI is InChI=1S/C16H17N3O2/c1-20-14-7-6-12(9-15(14)21-2)17-10-13-11-19-8-4-3-5-16(19)18-13/h3-9,11,17H,10H2,1-2H3. The van der Waals surface area contributed by atoms with Gasteiger partial charge in [0.05, 0.1) is 26.5 Å². The molecule has 0 saturated heterocycles. The zero-order valence-electron chi connectivity index (χ0n) is 12.0. The summed E-state index contributed by atoms with van der Waals surface area (Å²) in [4.78, 5) is 4.55. The second kappa shape index (κ2) is 5.75. The number of fused-ring (bicyclic) bond motifs is 1. The first-order valence-corrected chi connectivity index (χ1v) is 6.68. The van der Waals surface area contributed by atoms with Crippen molar-refractivity contribution in [2.75, 3.05) is 19.5 Å². The fourth-order valence-electron chi connectivity index (χ4n) is 2.21. The van der Waals surface area contributed by atoms with Crippen LogP contribution in [0.25, 0.3) is 5.65 Å². The topological polar surface area (TPSA) is 47.8 Å². The first kappa shape index (κ1) is 13.3. The van der Waals surface area contributed by atoms with Gasteiger partial charge in [0.25, 0.3) is 0 Å². The Bertz CT molecular complexity index is 719. The lowest BCUT2D eigenvalue weighted by atomic mass is 10.2. The first-order chi connectivity index (χ1) is 10.3. The minimum atomic E-state index is 0.650. The zero-order valence-corrected chi connectivity index (χ0v) is 12.0. The molecule has 0 amide bonds. The molecule has 0 aliphatic carbocycles. The van der Waals surface area contributed by atoms with Gasteiger partial charge in [-0.3, -0.25) is 0 Å². The average molecular weight is 283 g/mol. The molecule has 3 rings (SSSR count). The van der Waals surface area contributed by atoms with Gasteiger partial charge in [-0.25, -0.2) is 4.98 Å². The van der Waals surface area contributed by atoms with Crippen LogP contribution in [-0.2, 0) is 6.54 Å². The molecule has 21 heavy (non-hydrogen) atoms. The van der Waals surface area contributed by atoms with E-state index in [-0.39, 0.29) is 0 Å². The van der Waals surface area contributed by atoms with Crippen LogP contribution in [0.15, 0.2) is 48.8 Å². The van der Waals surface area contributed by atoms with E-state index in [2.05, 4.69) is 10.3 Å². The second-order valence-corrected chi connectivity index (χ2v) is 4.62. The van der Waals surface area contributed by atoms with Crippen LogP contribution in [0.5, 0.6) is 11.5 Å². The number of hydrogen-bond donors (Lipinski definition) is 1. The molecule has 0 bridgehead atoms. The quantitative estimate of drug-likeness (QED) is 0.782. The number of imidazole rings is 1. The maximum Gasteiger partial charge on any atom is 0.162 e. The van der Waals surface area contributed by atoms with E-state index in [1.807, 2.05) is 53.2 Å². The van der Waals surface area contributed by atoms with Crippen molar-refractivity contribution >= 4 is 11.3 Å². The summed E-state index contributed by atoms with van der Waals surface area (Å²) in [5.41, 5.74) is 2.89. The largest absolute Gasteiger partial charge is 0.493 e. The number of rotatable bonds is 5. The molecule has 2 heterocycles. The zero-order chi connectivity index (χ0) is 14.7. The molecule has 0 atom stereocenters. The number of pyridine rings is 1. The van der Waals surface area contributed by atoms with Gasteiger partial charge in [0.1, 0.15) is 5.65 Å². The summed E-state index contributed by atoms with van der Waals surface area (Å²) in [6.45, 7) is 0.650. The third-order valence-corrected chi connectivity index (χ3v) is 3.27.